The number of carbonyl (C=O) groups excluding carboxylic acids is 4. The van der Waals surface area contributed by atoms with E-state index in [0.717, 1.165) is 44.8 Å². The van der Waals surface area contributed by atoms with Crippen molar-refractivity contribution in [1.82, 2.24) is 9.80 Å². The number of likely N-dealkylation sites (N-methyl/N-ethyl adjacent to an activating group) is 1. The van der Waals surface area contributed by atoms with Crippen LogP contribution in [0.1, 0.15) is 40.0 Å². The molecule has 1 aliphatic heterocycles. The van der Waals surface area contributed by atoms with Crippen molar-refractivity contribution in [2.45, 2.75) is 25.3 Å². The van der Waals surface area contributed by atoms with Crippen LogP contribution < -0.4 is 4.90 Å². The van der Waals surface area contributed by atoms with Crippen molar-refractivity contribution in [3.63, 3.8) is 0 Å². The van der Waals surface area contributed by atoms with E-state index in [2.05, 4.69) is 9.80 Å². The Bertz CT molecular complexity index is 716. The summed E-state index contributed by atoms with van der Waals surface area (Å²) in [4.78, 5) is 52.1. The van der Waals surface area contributed by atoms with E-state index in [1.807, 2.05) is 6.07 Å². The molecule has 1 aromatic rings. The van der Waals surface area contributed by atoms with Crippen molar-refractivity contribution >= 4 is 30.5 Å². The largest absolute Gasteiger partial charge is 0.396 e. The second kappa shape index (κ2) is 11.4. The lowest BCUT2D eigenvalue weighted by Crippen LogP contribution is -2.46. The van der Waals surface area contributed by atoms with Gasteiger partial charge in [-0.1, -0.05) is 0 Å². The molecule has 1 saturated heterocycles. The average molecular weight is 403 g/mol. The summed E-state index contributed by atoms with van der Waals surface area (Å²) in [5.74, 6) is -0.418. The van der Waals surface area contributed by atoms with Gasteiger partial charge in [-0.3, -0.25) is 14.5 Å². The Morgan fingerprint density at radius 1 is 1.21 bits per heavy atom. The summed E-state index contributed by atoms with van der Waals surface area (Å²) in [5.41, 5.74) is 1.37. The highest BCUT2D eigenvalue weighted by molar-refractivity contribution is 6.03. The number of benzene rings is 1. The second-order valence-corrected chi connectivity index (χ2v) is 7.16. The molecule has 1 N–H and O–H groups in total. The molecule has 8 heteroatoms. The summed E-state index contributed by atoms with van der Waals surface area (Å²) in [7, 11) is 1.51. The number of piperazine rings is 1. The molecule has 0 bridgehead atoms. The quantitative estimate of drug-likeness (QED) is 0.541. The predicted octanol–water partition coefficient (Wildman–Crippen LogP) is 0.622. The van der Waals surface area contributed by atoms with E-state index in [9.17, 15) is 19.2 Å². The smallest absolute Gasteiger partial charge is 0.255 e. The molecule has 29 heavy (non-hydrogen) atoms. The standard InChI is InChI=1S/C21H29N3O5/c1-22(19(16-28)4-2-12-25)21(29)20-14-18(6-5-17(20)15-27)24-10-8-23(9-11-24)7-3-13-26/h5-6,12,14-16,19,26H,2-4,7-11,13H2,1H3. The molecule has 158 valence electrons. The van der Waals surface area contributed by atoms with Crippen molar-refractivity contribution in [3.8, 4) is 0 Å². The second-order valence-electron chi connectivity index (χ2n) is 7.16. The molecule has 0 saturated carbocycles. The highest BCUT2D eigenvalue weighted by Gasteiger charge is 2.24. The van der Waals surface area contributed by atoms with Crippen LogP contribution in [-0.4, -0.2) is 92.1 Å². The number of aldehydes is 3. The first-order chi connectivity index (χ1) is 14.0. The number of amides is 1. The van der Waals surface area contributed by atoms with Gasteiger partial charge in [0, 0.05) is 64.0 Å². The molecule has 0 aromatic heterocycles. The number of nitrogens with zero attached hydrogens (tertiary/aromatic N) is 3. The SMILES string of the molecule is CN(C(=O)c1cc(N2CCN(CCCO)CC2)ccc1C=O)C(C=O)CCC=O. The van der Waals surface area contributed by atoms with Gasteiger partial charge in [0.2, 0.25) is 0 Å². The highest BCUT2D eigenvalue weighted by atomic mass is 16.3. The van der Waals surface area contributed by atoms with Gasteiger partial charge >= 0.3 is 0 Å². The van der Waals surface area contributed by atoms with Crippen LogP contribution >= 0.6 is 0 Å². The third-order valence-electron chi connectivity index (χ3n) is 5.32. The maximum Gasteiger partial charge on any atom is 0.255 e. The monoisotopic (exact) mass is 403 g/mol. The molecule has 1 heterocycles. The zero-order valence-corrected chi connectivity index (χ0v) is 16.8. The van der Waals surface area contributed by atoms with Crippen LogP contribution in [0.25, 0.3) is 0 Å². The molecule has 2 rings (SSSR count). The van der Waals surface area contributed by atoms with Crippen LogP contribution in [-0.2, 0) is 9.59 Å². The van der Waals surface area contributed by atoms with Gasteiger partial charge < -0.3 is 24.5 Å². The van der Waals surface area contributed by atoms with E-state index in [0.29, 0.717) is 18.9 Å². The normalized spacial score (nSPS) is 15.6. The minimum absolute atomic E-state index is 0.182. The third kappa shape index (κ3) is 5.95. The van der Waals surface area contributed by atoms with Gasteiger partial charge in [-0.2, -0.15) is 0 Å². The first-order valence-corrected chi connectivity index (χ1v) is 9.89. The molecule has 0 spiro atoms. The molecule has 1 unspecified atom stereocenters. The topological polar surface area (TPSA) is 98.2 Å². The van der Waals surface area contributed by atoms with Crippen molar-refractivity contribution < 1.29 is 24.3 Å². The number of anilines is 1. The lowest BCUT2D eigenvalue weighted by atomic mass is 10.0. The van der Waals surface area contributed by atoms with Gasteiger partial charge in [0.15, 0.2) is 6.29 Å². The molecule has 8 nitrogen and oxygen atoms in total. The Kier molecular flexibility index (Phi) is 8.95. The number of carbonyl (C=O) groups is 4. The lowest BCUT2D eigenvalue weighted by Gasteiger charge is -2.36. The lowest BCUT2D eigenvalue weighted by molar-refractivity contribution is -0.112. The van der Waals surface area contributed by atoms with Gasteiger partial charge in [-0.25, -0.2) is 0 Å². The van der Waals surface area contributed by atoms with E-state index in [1.54, 1.807) is 12.1 Å². The van der Waals surface area contributed by atoms with E-state index >= 15 is 0 Å². The van der Waals surface area contributed by atoms with Gasteiger partial charge in [0.25, 0.3) is 5.91 Å². The minimum Gasteiger partial charge on any atom is -0.396 e. The Balaban J connectivity index is 2.16. The first kappa shape index (κ1) is 22.7. The minimum atomic E-state index is -0.717. The Morgan fingerprint density at radius 2 is 1.93 bits per heavy atom. The van der Waals surface area contributed by atoms with Crippen LogP contribution in [0, 0.1) is 0 Å². The van der Waals surface area contributed by atoms with Crippen LogP contribution in [0.2, 0.25) is 0 Å². The maximum absolute atomic E-state index is 13.0. The molecular weight excluding hydrogens is 374 g/mol. The van der Waals surface area contributed by atoms with Crippen LogP contribution in [0.3, 0.4) is 0 Å². The summed E-state index contributed by atoms with van der Waals surface area (Å²) in [6.07, 6.45) is 3.19. The zero-order chi connectivity index (χ0) is 21.2. The van der Waals surface area contributed by atoms with Crippen LogP contribution in [0.5, 0.6) is 0 Å². The molecule has 1 fully saturated rings. The van der Waals surface area contributed by atoms with E-state index < -0.39 is 11.9 Å². The van der Waals surface area contributed by atoms with E-state index in [1.165, 1.54) is 11.9 Å². The van der Waals surface area contributed by atoms with Gasteiger partial charge in [0.05, 0.1) is 11.6 Å². The molecule has 1 amide bonds. The summed E-state index contributed by atoms with van der Waals surface area (Å²) in [6, 6.07) is 4.44. The third-order valence-corrected chi connectivity index (χ3v) is 5.32. The molecule has 1 aliphatic rings. The maximum atomic E-state index is 13.0. The van der Waals surface area contributed by atoms with E-state index in [4.69, 9.17) is 5.11 Å². The Labute approximate surface area is 171 Å². The highest BCUT2D eigenvalue weighted by Crippen LogP contribution is 2.22. The van der Waals surface area contributed by atoms with Crippen molar-refractivity contribution in [3.05, 3.63) is 29.3 Å². The van der Waals surface area contributed by atoms with Crippen molar-refractivity contribution in [2.24, 2.45) is 0 Å². The number of aliphatic hydroxyl groups is 1. The Morgan fingerprint density at radius 3 is 2.52 bits per heavy atom. The molecule has 0 aliphatic carbocycles. The summed E-state index contributed by atoms with van der Waals surface area (Å²) >= 11 is 0. The molecule has 1 atom stereocenters. The van der Waals surface area contributed by atoms with Crippen LogP contribution in [0.15, 0.2) is 18.2 Å². The fourth-order valence-corrected chi connectivity index (χ4v) is 3.49. The predicted molar refractivity (Wildman–Crippen MR) is 109 cm³/mol. The fourth-order valence-electron chi connectivity index (χ4n) is 3.49. The number of aliphatic hydroxyl groups excluding tert-OH is 1. The summed E-state index contributed by atoms with van der Waals surface area (Å²) in [6.45, 7) is 4.32. The molecule has 0 radical (unpaired) electrons. The van der Waals surface area contributed by atoms with Gasteiger partial charge in [-0.15, -0.1) is 0 Å². The Hall–Kier alpha value is -2.58. The summed E-state index contributed by atoms with van der Waals surface area (Å²) in [5, 5.41) is 8.97. The van der Waals surface area contributed by atoms with Gasteiger partial charge in [-0.05, 0) is 31.0 Å². The zero-order valence-electron chi connectivity index (χ0n) is 16.8. The van der Waals surface area contributed by atoms with Crippen molar-refractivity contribution in [1.29, 1.82) is 0 Å². The number of hydrogen-bond donors (Lipinski definition) is 1. The van der Waals surface area contributed by atoms with Gasteiger partial charge in [0.1, 0.15) is 12.6 Å². The number of rotatable bonds is 11. The number of hydrogen-bond acceptors (Lipinski definition) is 7. The summed E-state index contributed by atoms with van der Waals surface area (Å²) < 4.78 is 0. The molecule has 1 aromatic carbocycles. The van der Waals surface area contributed by atoms with Crippen molar-refractivity contribution in [2.75, 3.05) is 51.3 Å². The first-order valence-electron chi connectivity index (χ1n) is 9.89. The van der Waals surface area contributed by atoms with Crippen LogP contribution in [0.4, 0.5) is 5.69 Å². The average Bonchev–Trinajstić information content (AvgIpc) is 2.77. The molecular formula is C21H29N3O5. The fraction of sp³-hybridized carbons (Fsp3) is 0.524. The van der Waals surface area contributed by atoms with E-state index in [-0.39, 0.29) is 30.6 Å².